The zero-order valence-electron chi connectivity index (χ0n) is 37.9. The van der Waals surface area contributed by atoms with Crippen LogP contribution in [0, 0.1) is 12.1 Å². The Balaban J connectivity index is 0.000000292. The second-order valence-electron chi connectivity index (χ2n) is 15.6. The van der Waals surface area contributed by atoms with Gasteiger partial charge >= 0.3 is 0 Å². The number of amides is 3. The van der Waals surface area contributed by atoms with Crippen LogP contribution in [0.4, 0.5) is 0 Å². The van der Waals surface area contributed by atoms with E-state index in [1.165, 1.54) is 24.4 Å². The van der Waals surface area contributed by atoms with E-state index in [9.17, 15) is 36.9 Å². The summed E-state index contributed by atoms with van der Waals surface area (Å²) in [5, 5.41) is 3.70. The maximum atomic E-state index is 13.2. The molecule has 4 aromatic heterocycles. The number of nitrogens with zero attached hydrogens (tertiary/aromatic N) is 5. The number of rotatable bonds is 20. The van der Waals surface area contributed by atoms with Crippen LogP contribution in [0.15, 0.2) is 152 Å². The monoisotopic (exact) mass is 1140 g/mol. The molecular weight excluding hydrogens is 1090 g/mol. The molecule has 3 amide bonds. The van der Waals surface area contributed by atoms with E-state index < -0.39 is 33.6 Å². The number of benzene rings is 3. The number of hydrogen-bond donors (Lipinski definition) is 1. The average molecular weight is 1140 g/mol. The van der Waals surface area contributed by atoms with Gasteiger partial charge in [0.25, 0.3) is 17.7 Å². The predicted octanol–water partition coefficient (Wildman–Crippen LogP) is 7.33. The number of carbonyl (C=O) groups is 5. The third-order valence-electron chi connectivity index (χ3n) is 10.6. The quantitative estimate of drug-likeness (QED) is 0.0260. The van der Waals surface area contributed by atoms with Gasteiger partial charge in [-0.2, -0.15) is 0 Å². The van der Waals surface area contributed by atoms with Gasteiger partial charge in [-0.05, 0) is 54.9 Å². The van der Waals surface area contributed by atoms with E-state index in [0.29, 0.717) is 61.6 Å². The minimum atomic E-state index is -4.84. The van der Waals surface area contributed by atoms with Crippen LogP contribution in [0.3, 0.4) is 0 Å². The summed E-state index contributed by atoms with van der Waals surface area (Å²) in [6, 6.07) is 40.6. The molecule has 3 aromatic carbocycles. The fourth-order valence-electron chi connectivity index (χ4n) is 7.13. The largest absolute Gasteiger partial charge is 0.748 e. The molecule has 1 radical (unpaired) electrons. The van der Waals surface area contributed by atoms with E-state index in [1.807, 2.05) is 91.0 Å². The summed E-state index contributed by atoms with van der Waals surface area (Å²) >= 11 is 0. The van der Waals surface area contributed by atoms with Crippen LogP contribution in [-0.2, 0) is 54.1 Å². The standard InChI is InChI=1S/C31H34N4O9S.2C11H8N.Ir/c36-22(8-5-18-44-19-17-35-27(38)12-13-28(35)39)7-2-1-3-9-26(37)25(20-45(41,42)43)34-31(40)24-14-16-33-30-23(24)11-10-21-6-4-15-32-29(21)30;2*1-2-6-10(7-3-1)11-8-4-5-9-12-11;/h4,6,10-16,25H,1-3,5,7-9,17-20H2,(H,34,40)(H,41,42,43);2*1-6,8-9H;/q;2*-1;/p-1. The van der Waals surface area contributed by atoms with Gasteiger partial charge in [0.1, 0.15) is 11.8 Å². The number of nitrogens with one attached hydrogen (secondary N) is 1. The molecule has 1 N–H and O–H groups in total. The van der Waals surface area contributed by atoms with Gasteiger partial charge in [0, 0.05) is 93.7 Å². The predicted molar refractivity (Wildman–Crippen MR) is 259 cm³/mol. The molecule has 0 bridgehead atoms. The van der Waals surface area contributed by atoms with Crippen molar-refractivity contribution in [3.8, 4) is 22.5 Å². The van der Waals surface area contributed by atoms with Crippen molar-refractivity contribution in [2.24, 2.45) is 0 Å². The van der Waals surface area contributed by atoms with Crippen molar-refractivity contribution < 1.29 is 61.8 Å². The third kappa shape index (κ3) is 16.9. The maximum absolute atomic E-state index is 13.2. The summed E-state index contributed by atoms with van der Waals surface area (Å²) < 4.78 is 40.0. The molecule has 70 heavy (non-hydrogen) atoms. The number of ether oxygens (including phenoxy) is 1. The summed E-state index contributed by atoms with van der Waals surface area (Å²) in [4.78, 5) is 79.4. The number of pyridine rings is 4. The molecule has 0 saturated heterocycles. The minimum Gasteiger partial charge on any atom is -0.748 e. The summed E-state index contributed by atoms with van der Waals surface area (Å²) in [5.41, 5.74) is 5.22. The molecule has 0 aliphatic carbocycles. The molecule has 15 nitrogen and oxygen atoms in total. The van der Waals surface area contributed by atoms with Crippen molar-refractivity contribution in [1.29, 1.82) is 0 Å². The van der Waals surface area contributed by atoms with Gasteiger partial charge in [-0.25, -0.2) is 8.42 Å². The molecule has 0 fully saturated rings. The number of ketones is 2. The van der Waals surface area contributed by atoms with Crippen molar-refractivity contribution >= 4 is 61.2 Å². The topological polar surface area (TPSA) is 219 Å². The van der Waals surface area contributed by atoms with Gasteiger partial charge in [-0.1, -0.05) is 48.9 Å². The van der Waals surface area contributed by atoms with E-state index in [2.05, 4.69) is 37.4 Å². The normalized spacial score (nSPS) is 12.3. The number of Topliss-reactive ketones (excluding diaryl/α,β-unsaturated/α-hetero) is 2. The first-order valence-electron chi connectivity index (χ1n) is 22.3. The van der Waals surface area contributed by atoms with E-state index in [-0.39, 0.29) is 62.8 Å². The molecule has 363 valence electrons. The summed E-state index contributed by atoms with van der Waals surface area (Å²) in [6.07, 6.45) is 11.4. The number of unbranched alkanes of at least 4 members (excludes halogenated alkanes) is 2. The maximum Gasteiger partial charge on any atom is 0.253 e. The van der Waals surface area contributed by atoms with Crippen molar-refractivity contribution in [2.45, 2.75) is 51.0 Å². The van der Waals surface area contributed by atoms with Gasteiger partial charge in [-0.3, -0.25) is 38.8 Å². The van der Waals surface area contributed by atoms with Crippen molar-refractivity contribution in [1.82, 2.24) is 30.2 Å². The number of fused-ring (bicyclic) bond motifs is 3. The Labute approximate surface area is 419 Å². The molecular formula is C53H49IrN6O9S-3. The average Bonchev–Trinajstić information content (AvgIpc) is 3.70. The van der Waals surface area contributed by atoms with Gasteiger partial charge in [0.2, 0.25) is 0 Å². The van der Waals surface area contributed by atoms with Crippen LogP contribution in [-0.4, -0.2) is 98.6 Å². The Kier molecular flexibility index (Phi) is 21.5. The number of hydrogen-bond acceptors (Lipinski definition) is 13. The van der Waals surface area contributed by atoms with E-state index in [4.69, 9.17) is 4.74 Å². The van der Waals surface area contributed by atoms with Crippen LogP contribution < -0.4 is 5.32 Å². The number of imide groups is 1. The van der Waals surface area contributed by atoms with Gasteiger partial charge in [-0.15, -0.1) is 71.8 Å². The molecule has 0 spiro atoms. The molecule has 5 heterocycles. The van der Waals surface area contributed by atoms with Gasteiger partial charge in [0.15, 0.2) is 5.78 Å². The third-order valence-corrected chi connectivity index (χ3v) is 11.3. The van der Waals surface area contributed by atoms with Crippen LogP contribution in [0.25, 0.3) is 44.3 Å². The summed E-state index contributed by atoms with van der Waals surface area (Å²) in [6.45, 7) is 0.644. The first-order chi connectivity index (χ1) is 33.5. The van der Waals surface area contributed by atoms with Crippen LogP contribution in [0.2, 0.25) is 0 Å². The molecule has 1 aliphatic heterocycles. The molecule has 1 unspecified atom stereocenters. The van der Waals surface area contributed by atoms with Crippen molar-refractivity contribution in [2.75, 3.05) is 25.5 Å². The van der Waals surface area contributed by atoms with E-state index >= 15 is 0 Å². The number of aromatic nitrogens is 4. The molecule has 17 heteroatoms. The van der Waals surface area contributed by atoms with Gasteiger partial charge in [0.05, 0.1) is 45.6 Å². The van der Waals surface area contributed by atoms with E-state index in [0.717, 1.165) is 32.8 Å². The van der Waals surface area contributed by atoms with E-state index in [1.54, 1.807) is 36.8 Å². The molecule has 7 aromatic rings. The van der Waals surface area contributed by atoms with Crippen LogP contribution in [0.1, 0.15) is 55.3 Å². The molecule has 0 saturated carbocycles. The zero-order valence-corrected chi connectivity index (χ0v) is 41.2. The first kappa shape index (κ1) is 53.9. The SMILES string of the molecule is O=C(CCCCCC(=O)C(CS(=O)(=O)[O-])NC(=O)c1ccnc2c1ccc1cccnc12)CCCOCCN1C(=O)C=CC1=O.[Ir].[c-]1ccccc1-c1ccccn1.[c-]1ccccc1-c1ccccn1. The van der Waals surface area contributed by atoms with Crippen molar-refractivity contribution in [3.63, 3.8) is 0 Å². The fourth-order valence-corrected chi connectivity index (χ4v) is 7.81. The summed E-state index contributed by atoms with van der Waals surface area (Å²) in [7, 11) is -4.84. The Morgan fingerprint density at radius 1 is 0.643 bits per heavy atom. The molecule has 1 atom stereocenters. The Hall–Kier alpha value is -7.01. The van der Waals surface area contributed by atoms with Crippen LogP contribution >= 0.6 is 0 Å². The number of carbonyl (C=O) groups excluding carboxylic acids is 5. The Morgan fingerprint density at radius 3 is 1.84 bits per heavy atom. The van der Waals surface area contributed by atoms with Crippen LogP contribution in [0.5, 0.6) is 0 Å². The van der Waals surface area contributed by atoms with Crippen molar-refractivity contribution in [3.05, 3.63) is 170 Å². The van der Waals surface area contributed by atoms with Gasteiger partial charge < -0.3 is 24.6 Å². The smallest absolute Gasteiger partial charge is 0.253 e. The Bertz CT molecular complexity index is 2800. The molecule has 1 aliphatic rings. The second-order valence-corrected chi connectivity index (χ2v) is 17.0. The summed E-state index contributed by atoms with van der Waals surface area (Å²) in [5.74, 6) is -3.11. The minimum absolute atomic E-state index is 0. The zero-order chi connectivity index (χ0) is 48.9. The molecule has 8 rings (SSSR count). The second kappa shape index (κ2) is 27.9. The fraction of sp³-hybridized carbons (Fsp3) is 0.226. The first-order valence-corrected chi connectivity index (χ1v) is 23.8. The Morgan fingerprint density at radius 2 is 1.24 bits per heavy atom.